The van der Waals surface area contributed by atoms with Gasteiger partial charge in [0.05, 0.1) is 5.92 Å². The molecule has 1 aliphatic heterocycles. The summed E-state index contributed by atoms with van der Waals surface area (Å²) in [4.78, 5) is 23.9. The summed E-state index contributed by atoms with van der Waals surface area (Å²) in [7, 11) is 0. The van der Waals surface area contributed by atoms with Crippen LogP contribution in [0.25, 0.3) is 0 Å². The Hall–Kier alpha value is -1.10. The highest BCUT2D eigenvalue weighted by molar-refractivity contribution is 5.76. The zero-order chi connectivity index (χ0) is 13.5. The fourth-order valence-electron chi connectivity index (χ4n) is 2.49. The summed E-state index contributed by atoms with van der Waals surface area (Å²) in [6.45, 7) is 3.87. The molecule has 18 heavy (non-hydrogen) atoms. The van der Waals surface area contributed by atoms with Gasteiger partial charge < -0.3 is 10.8 Å². The molecule has 1 saturated heterocycles. The smallest absolute Gasteiger partial charge is 0.303 e. The first-order chi connectivity index (χ1) is 8.50. The number of unbranched alkanes of at least 4 members (excludes halogenated alkanes) is 2. The molecule has 0 aromatic rings. The summed E-state index contributed by atoms with van der Waals surface area (Å²) < 4.78 is 0. The van der Waals surface area contributed by atoms with Crippen LogP contribution in [0.1, 0.15) is 45.4 Å². The van der Waals surface area contributed by atoms with E-state index in [1.807, 2.05) is 0 Å². The molecule has 3 N–H and O–H groups in total. The minimum absolute atomic E-state index is 0.0137. The third-order valence-electron chi connectivity index (χ3n) is 3.75. The normalized spacial score (nSPS) is 24.9. The largest absolute Gasteiger partial charge is 0.481 e. The number of nitrogens with zero attached hydrogens (tertiary/aromatic N) is 1. The standard InChI is InChI=1S/C13H24N2O3/c1-10-6-7-11(13(14)18)9-15(10)8-4-2-3-5-12(16)17/h10-11H,2-9H2,1H3,(H2,14,18)(H,16,17). The van der Waals surface area contributed by atoms with Crippen molar-refractivity contribution in [2.24, 2.45) is 11.7 Å². The highest BCUT2D eigenvalue weighted by Crippen LogP contribution is 2.22. The maximum absolute atomic E-state index is 11.2. The van der Waals surface area contributed by atoms with E-state index in [-0.39, 0.29) is 18.2 Å². The minimum atomic E-state index is -0.727. The average Bonchev–Trinajstić information content (AvgIpc) is 2.30. The molecule has 104 valence electrons. The molecule has 0 bridgehead atoms. The minimum Gasteiger partial charge on any atom is -0.481 e. The number of piperidine rings is 1. The highest BCUT2D eigenvalue weighted by Gasteiger charge is 2.27. The van der Waals surface area contributed by atoms with E-state index in [4.69, 9.17) is 10.8 Å². The number of nitrogens with two attached hydrogens (primary N) is 1. The van der Waals surface area contributed by atoms with Crippen molar-refractivity contribution >= 4 is 11.9 Å². The Morgan fingerprint density at radius 3 is 2.61 bits per heavy atom. The molecule has 2 atom stereocenters. The van der Waals surface area contributed by atoms with E-state index >= 15 is 0 Å². The van der Waals surface area contributed by atoms with Crippen molar-refractivity contribution < 1.29 is 14.7 Å². The number of aliphatic carboxylic acids is 1. The lowest BCUT2D eigenvalue weighted by atomic mass is 9.92. The van der Waals surface area contributed by atoms with Gasteiger partial charge >= 0.3 is 5.97 Å². The topological polar surface area (TPSA) is 83.6 Å². The van der Waals surface area contributed by atoms with E-state index in [1.54, 1.807) is 0 Å². The summed E-state index contributed by atoms with van der Waals surface area (Å²) in [5.41, 5.74) is 5.35. The zero-order valence-corrected chi connectivity index (χ0v) is 11.1. The maximum atomic E-state index is 11.2. The van der Waals surface area contributed by atoms with Gasteiger partial charge in [-0.25, -0.2) is 0 Å². The van der Waals surface area contributed by atoms with E-state index in [1.165, 1.54) is 0 Å². The lowest BCUT2D eigenvalue weighted by molar-refractivity contribution is -0.137. The Labute approximate surface area is 108 Å². The van der Waals surface area contributed by atoms with Crippen LogP contribution in [0.15, 0.2) is 0 Å². The molecule has 0 radical (unpaired) electrons. The van der Waals surface area contributed by atoms with Gasteiger partial charge in [-0.2, -0.15) is 0 Å². The second-order valence-corrected chi connectivity index (χ2v) is 5.22. The number of amides is 1. The number of hydrogen-bond acceptors (Lipinski definition) is 3. The number of hydrogen-bond donors (Lipinski definition) is 2. The molecule has 5 nitrogen and oxygen atoms in total. The van der Waals surface area contributed by atoms with Gasteiger partial charge in [-0.1, -0.05) is 6.42 Å². The summed E-state index contributed by atoms with van der Waals surface area (Å²) in [5.74, 6) is -0.937. The molecule has 1 fully saturated rings. The van der Waals surface area contributed by atoms with Crippen molar-refractivity contribution in [3.63, 3.8) is 0 Å². The molecule has 0 aromatic heterocycles. The predicted octanol–water partition coefficient (Wildman–Crippen LogP) is 1.22. The summed E-state index contributed by atoms with van der Waals surface area (Å²) in [6, 6.07) is 0.500. The molecular formula is C13H24N2O3. The molecule has 1 heterocycles. The first-order valence-corrected chi connectivity index (χ1v) is 6.76. The molecule has 0 spiro atoms. The fraction of sp³-hybridized carbons (Fsp3) is 0.846. The van der Waals surface area contributed by atoms with Gasteiger partial charge in [-0.3, -0.25) is 14.5 Å². The van der Waals surface area contributed by atoms with Gasteiger partial charge in [-0.05, 0) is 39.2 Å². The maximum Gasteiger partial charge on any atom is 0.303 e. The Bertz CT molecular complexity index is 294. The number of carboxylic acids is 1. The van der Waals surface area contributed by atoms with Crippen LogP contribution in [0.5, 0.6) is 0 Å². The van der Waals surface area contributed by atoms with E-state index < -0.39 is 5.97 Å². The SMILES string of the molecule is CC1CCC(C(N)=O)CN1CCCCCC(=O)O. The molecule has 1 rings (SSSR count). The molecule has 2 unspecified atom stereocenters. The van der Waals surface area contributed by atoms with E-state index in [2.05, 4.69) is 11.8 Å². The molecule has 1 amide bonds. The van der Waals surface area contributed by atoms with Gasteiger partial charge in [-0.15, -0.1) is 0 Å². The Morgan fingerprint density at radius 1 is 1.28 bits per heavy atom. The number of carboxylic acid groups (broad SMARTS) is 1. The fourth-order valence-corrected chi connectivity index (χ4v) is 2.49. The summed E-state index contributed by atoms with van der Waals surface area (Å²) in [5, 5.41) is 8.54. The van der Waals surface area contributed by atoms with Crippen LogP contribution in [0, 0.1) is 5.92 Å². The summed E-state index contributed by atoms with van der Waals surface area (Å²) >= 11 is 0. The van der Waals surface area contributed by atoms with E-state index in [9.17, 15) is 9.59 Å². The first-order valence-electron chi connectivity index (χ1n) is 6.76. The lowest BCUT2D eigenvalue weighted by Crippen LogP contribution is -2.46. The van der Waals surface area contributed by atoms with Crippen LogP contribution < -0.4 is 5.73 Å². The Morgan fingerprint density at radius 2 is 2.00 bits per heavy atom. The quantitative estimate of drug-likeness (QED) is 0.671. The Balaban J connectivity index is 2.22. The second kappa shape index (κ2) is 7.36. The van der Waals surface area contributed by atoms with Crippen LogP contribution in [-0.2, 0) is 9.59 Å². The average molecular weight is 256 g/mol. The predicted molar refractivity (Wildman–Crippen MR) is 69.1 cm³/mol. The third kappa shape index (κ3) is 5.04. The second-order valence-electron chi connectivity index (χ2n) is 5.22. The van der Waals surface area contributed by atoms with Crippen molar-refractivity contribution in [3.05, 3.63) is 0 Å². The number of likely N-dealkylation sites (tertiary alicyclic amines) is 1. The molecule has 5 heteroatoms. The molecular weight excluding hydrogens is 232 g/mol. The van der Waals surface area contributed by atoms with Gasteiger partial charge in [0.25, 0.3) is 0 Å². The van der Waals surface area contributed by atoms with Crippen molar-refractivity contribution in [3.8, 4) is 0 Å². The van der Waals surface area contributed by atoms with Crippen molar-refractivity contribution in [1.82, 2.24) is 4.90 Å². The van der Waals surface area contributed by atoms with Crippen molar-refractivity contribution in [1.29, 1.82) is 0 Å². The number of rotatable bonds is 7. The van der Waals surface area contributed by atoms with Crippen LogP contribution >= 0.6 is 0 Å². The van der Waals surface area contributed by atoms with Gasteiger partial charge in [0, 0.05) is 19.0 Å². The van der Waals surface area contributed by atoms with Gasteiger partial charge in [0.15, 0.2) is 0 Å². The van der Waals surface area contributed by atoms with E-state index in [0.717, 1.165) is 45.2 Å². The molecule has 1 aliphatic rings. The number of primary amides is 1. The lowest BCUT2D eigenvalue weighted by Gasteiger charge is -2.36. The van der Waals surface area contributed by atoms with Gasteiger partial charge in [0.1, 0.15) is 0 Å². The highest BCUT2D eigenvalue weighted by atomic mass is 16.4. The van der Waals surface area contributed by atoms with Crippen molar-refractivity contribution in [2.75, 3.05) is 13.1 Å². The van der Waals surface area contributed by atoms with Crippen LogP contribution in [0.4, 0.5) is 0 Å². The molecule has 0 aromatic carbocycles. The molecule has 0 saturated carbocycles. The first kappa shape index (κ1) is 15.0. The van der Waals surface area contributed by atoms with Crippen LogP contribution in [-0.4, -0.2) is 41.0 Å². The van der Waals surface area contributed by atoms with Crippen LogP contribution in [0.3, 0.4) is 0 Å². The third-order valence-corrected chi connectivity index (χ3v) is 3.75. The number of carbonyl (C=O) groups is 2. The summed E-state index contributed by atoms with van der Waals surface area (Å²) in [6.07, 6.45) is 4.81. The molecule has 0 aliphatic carbocycles. The Kier molecular flexibility index (Phi) is 6.12. The zero-order valence-electron chi connectivity index (χ0n) is 11.1. The monoisotopic (exact) mass is 256 g/mol. The van der Waals surface area contributed by atoms with Crippen LogP contribution in [0.2, 0.25) is 0 Å². The van der Waals surface area contributed by atoms with Gasteiger partial charge in [0.2, 0.25) is 5.91 Å². The van der Waals surface area contributed by atoms with E-state index in [0.29, 0.717) is 6.04 Å². The van der Waals surface area contributed by atoms with Crippen molar-refractivity contribution in [2.45, 2.75) is 51.5 Å². The number of carbonyl (C=O) groups excluding carboxylic acids is 1.